The van der Waals surface area contributed by atoms with Crippen molar-refractivity contribution in [2.75, 3.05) is 19.7 Å². The summed E-state index contributed by atoms with van der Waals surface area (Å²) in [4.78, 5) is 24.9. The first-order valence-electron chi connectivity index (χ1n) is 7.60. The van der Waals surface area contributed by atoms with Crippen LogP contribution in [0.5, 0.6) is 0 Å². The van der Waals surface area contributed by atoms with Crippen LogP contribution in [0.25, 0.3) is 0 Å². The summed E-state index contributed by atoms with van der Waals surface area (Å²) < 4.78 is 5.00. The second-order valence-electron chi connectivity index (χ2n) is 5.22. The Labute approximate surface area is 130 Å². The molecule has 0 atom stereocenters. The first-order chi connectivity index (χ1) is 10.7. The van der Waals surface area contributed by atoms with Crippen molar-refractivity contribution in [2.24, 2.45) is 0 Å². The topological polar surface area (TPSA) is 58.6 Å². The van der Waals surface area contributed by atoms with Gasteiger partial charge in [-0.15, -0.1) is 0 Å². The molecule has 0 unspecified atom stereocenters. The average Bonchev–Trinajstić information content (AvgIpc) is 2.55. The van der Waals surface area contributed by atoms with Gasteiger partial charge in [0.15, 0.2) is 0 Å². The number of esters is 1. The molecule has 0 spiro atoms. The van der Waals surface area contributed by atoms with E-state index in [0.717, 1.165) is 38.0 Å². The molecular formula is C17H22N2O3. The lowest BCUT2D eigenvalue weighted by molar-refractivity contribution is -0.139. The quantitative estimate of drug-likeness (QED) is 0.495. The van der Waals surface area contributed by atoms with Gasteiger partial charge in [0.05, 0.1) is 6.61 Å². The van der Waals surface area contributed by atoms with E-state index < -0.39 is 5.97 Å². The van der Waals surface area contributed by atoms with Gasteiger partial charge in [0, 0.05) is 19.6 Å². The molecule has 1 amide bonds. The third-order valence-electron chi connectivity index (χ3n) is 3.74. The molecule has 1 N–H and O–H groups in total. The predicted molar refractivity (Wildman–Crippen MR) is 83.8 cm³/mol. The Hall–Kier alpha value is -2.14. The van der Waals surface area contributed by atoms with Crippen LogP contribution in [0.3, 0.4) is 0 Å². The molecular weight excluding hydrogens is 280 g/mol. The van der Waals surface area contributed by atoms with Gasteiger partial charge in [-0.05, 0) is 30.9 Å². The van der Waals surface area contributed by atoms with Crippen LogP contribution in [0.1, 0.15) is 25.3 Å². The molecule has 1 fully saturated rings. The summed E-state index contributed by atoms with van der Waals surface area (Å²) in [5.74, 6) is -0.443. The monoisotopic (exact) mass is 302 g/mol. The number of ether oxygens (including phenoxy) is 1. The lowest BCUT2D eigenvalue weighted by atomic mass is 10.0. The molecule has 0 aromatic heterocycles. The van der Waals surface area contributed by atoms with E-state index in [2.05, 4.69) is 22.3 Å². The van der Waals surface area contributed by atoms with E-state index in [0.29, 0.717) is 18.7 Å². The van der Waals surface area contributed by atoms with E-state index in [4.69, 9.17) is 4.74 Å². The van der Waals surface area contributed by atoms with Crippen LogP contribution < -0.4 is 5.32 Å². The van der Waals surface area contributed by atoms with Crippen molar-refractivity contribution >= 4 is 12.4 Å². The molecule has 22 heavy (non-hydrogen) atoms. The Morgan fingerprint density at radius 1 is 1.27 bits per heavy atom. The van der Waals surface area contributed by atoms with Crippen LogP contribution in [-0.2, 0) is 20.9 Å². The Kier molecular flexibility index (Phi) is 6.15. The van der Waals surface area contributed by atoms with Gasteiger partial charge in [-0.2, -0.15) is 0 Å². The number of hydrogen-bond donors (Lipinski definition) is 1. The van der Waals surface area contributed by atoms with Gasteiger partial charge < -0.3 is 10.1 Å². The third-order valence-corrected chi connectivity index (χ3v) is 3.74. The van der Waals surface area contributed by atoms with Crippen LogP contribution in [0, 0.1) is 0 Å². The predicted octanol–water partition coefficient (Wildman–Crippen LogP) is 1.85. The van der Waals surface area contributed by atoms with Crippen LogP contribution in [0.15, 0.2) is 41.6 Å². The number of rotatable bonds is 6. The second-order valence-corrected chi connectivity index (χ2v) is 5.22. The number of nitrogens with zero attached hydrogens (tertiary/aromatic N) is 1. The molecule has 5 heteroatoms. The molecule has 1 saturated heterocycles. The number of likely N-dealkylation sites (tertiary alicyclic amines) is 1. The molecule has 0 bridgehead atoms. The van der Waals surface area contributed by atoms with Crippen molar-refractivity contribution < 1.29 is 14.3 Å². The van der Waals surface area contributed by atoms with Gasteiger partial charge in [0.25, 0.3) is 0 Å². The van der Waals surface area contributed by atoms with Gasteiger partial charge in [-0.1, -0.05) is 30.3 Å². The van der Waals surface area contributed by atoms with Gasteiger partial charge >= 0.3 is 5.97 Å². The molecule has 118 valence electrons. The summed E-state index contributed by atoms with van der Waals surface area (Å²) in [5.41, 5.74) is 2.57. The number of amides is 1. The fourth-order valence-corrected chi connectivity index (χ4v) is 2.64. The number of piperidine rings is 1. The van der Waals surface area contributed by atoms with Gasteiger partial charge in [-0.25, -0.2) is 4.79 Å². The summed E-state index contributed by atoms with van der Waals surface area (Å²) in [6.07, 6.45) is 2.07. The second kappa shape index (κ2) is 8.34. The summed E-state index contributed by atoms with van der Waals surface area (Å²) in [5, 5.41) is 2.51. The maximum atomic E-state index is 11.9. The lowest BCUT2D eigenvalue weighted by Crippen LogP contribution is -2.33. The Bertz CT molecular complexity index is 530. The summed E-state index contributed by atoms with van der Waals surface area (Å²) in [6, 6.07) is 10.3. The fourth-order valence-electron chi connectivity index (χ4n) is 2.64. The minimum Gasteiger partial charge on any atom is -0.461 e. The van der Waals surface area contributed by atoms with E-state index in [9.17, 15) is 9.59 Å². The van der Waals surface area contributed by atoms with Crippen LogP contribution >= 0.6 is 0 Å². The SMILES string of the molecule is CCOC(=O)C(NC=O)=C1CCN(Cc2ccccc2)CC1. The van der Waals surface area contributed by atoms with Crippen LogP contribution in [0.4, 0.5) is 0 Å². The minimum atomic E-state index is -0.443. The van der Waals surface area contributed by atoms with E-state index in [1.807, 2.05) is 18.2 Å². The molecule has 5 nitrogen and oxygen atoms in total. The molecule has 1 heterocycles. The molecule has 1 aromatic carbocycles. The highest BCUT2D eigenvalue weighted by molar-refractivity contribution is 5.91. The van der Waals surface area contributed by atoms with Crippen molar-refractivity contribution in [3.8, 4) is 0 Å². The molecule has 0 aliphatic carbocycles. The van der Waals surface area contributed by atoms with Gasteiger partial charge in [-0.3, -0.25) is 9.69 Å². The molecule has 0 radical (unpaired) electrons. The average molecular weight is 302 g/mol. The number of hydrogen-bond acceptors (Lipinski definition) is 4. The van der Waals surface area contributed by atoms with E-state index >= 15 is 0 Å². The van der Waals surface area contributed by atoms with Crippen molar-refractivity contribution in [3.63, 3.8) is 0 Å². The van der Waals surface area contributed by atoms with Crippen molar-refractivity contribution in [1.29, 1.82) is 0 Å². The van der Waals surface area contributed by atoms with Crippen molar-refractivity contribution in [2.45, 2.75) is 26.3 Å². The Morgan fingerprint density at radius 3 is 2.55 bits per heavy atom. The number of carbonyl (C=O) groups is 2. The van der Waals surface area contributed by atoms with Crippen molar-refractivity contribution in [3.05, 3.63) is 47.2 Å². The lowest BCUT2D eigenvalue weighted by Gasteiger charge is -2.29. The highest BCUT2D eigenvalue weighted by Crippen LogP contribution is 2.21. The maximum absolute atomic E-state index is 11.9. The maximum Gasteiger partial charge on any atom is 0.354 e. The zero-order chi connectivity index (χ0) is 15.8. The summed E-state index contributed by atoms with van der Waals surface area (Å²) >= 11 is 0. The number of nitrogens with one attached hydrogen (secondary N) is 1. The first kappa shape index (κ1) is 16.2. The fraction of sp³-hybridized carbons (Fsp3) is 0.412. The molecule has 1 aliphatic heterocycles. The normalized spacial score (nSPS) is 15.2. The highest BCUT2D eigenvalue weighted by atomic mass is 16.5. The van der Waals surface area contributed by atoms with E-state index in [1.54, 1.807) is 6.92 Å². The number of carbonyl (C=O) groups excluding carboxylic acids is 2. The zero-order valence-corrected chi connectivity index (χ0v) is 12.9. The summed E-state index contributed by atoms with van der Waals surface area (Å²) in [6.45, 7) is 4.70. The Balaban J connectivity index is 1.97. The van der Waals surface area contributed by atoms with E-state index in [-0.39, 0.29) is 0 Å². The van der Waals surface area contributed by atoms with Gasteiger partial charge in [0.2, 0.25) is 6.41 Å². The van der Waals surface area contributed by atoms with Crippen LogP contribution in [-0.4, -0.2) is 37.0 Å². The van der Waals surface area contributed by atoms with Crippen LogP contribution in [0.2, 0.25) is 0 Å². The van der Waals surface area contributed by atoms with Gasteiger partial charge in [0.1, 0.15) is 5.70 Å². The minimum absolute atomic E-state index is 0.302. The van der Waals surface area contributed by atoms with Crippen molar-refractivity contribution in [1.82, 2.24) is 10.2 Å². The third kappa shape index (κ3) is 4.43. The molecule has 2 rings (SSSR count). The zero-order valence-electron chi connectivity index (χ0n) is 12.9. The first-order valence-corrected chi connectivity index (χ1v) is 7.60. The largest absolute Gasteiger partial charge is 0.461 e. The molecule has 0 saturated carbocycles. The molecule has 1 aromatic rings. The van der Waals surface area contributed by atoms with E-state index in [1.165, 1.54) is 5.56 Å². The Morgan fingerprint density at radius 2 is 1.95 bits per heavy atom. The highest BCUT2D eigenvalue weighted by Gasteiger charge is 2.21. The number of benzene rings is 1. The summed E-state index contributed by atoms with van der Waals surface area (Å²) in [7, 11) is 0. The smallest absolute Gasteiger partial charge is 0.354 e. The molecule has 1 aliphatic rings. The standard InChI is InChI=1S/C17H22N2O3/c1-2-22-17(21)16(18-13-20)15-8-10-19(11-9-15)12-14-6-4-3-5-7-14/h3-7,13H,2,8-12H2,1H3,(H,18,20).